The lowest BCUT2D eigenvalue weighted by atomic mass is 9.92. The zero-order valence-electron chi connectivity index (χ0n) is 20.0. The lowest BCUT2D eigenvalue weighted by molar-refractivity contribution is -0.139. The molecule has 4 rings (SSSR count). The number of aromatic nitrogens is 1. The maximum atomic E-state index is 13.6. The Balaban J connectivity index is 1.75. The third-order valence-electron chi connectivity index (χ3n) is 6.03. The molecule has 5 N–H and O–H groups in total. The van der Waals surface area contributed by atoms with E-state index in [1.165, 1.54) is 12.3 Å². The van der Waals surface area contributed by atoms with Crippen molar-refractivity contribution in [2.45, 2.75) is 56.8 Å². The van der Waals surface area contributed by atoms with Crippen LogP contribution in [0, 0.1) is 11.8 Å². The summed E-state index contributed by atoms with van der Waals surface area (Å²) in [5.41, 5.74) is 4.99. The van der Waals surface area contributed by atoms with Gasteiger partial charge in [-0.3, -0.25) is 9.59 Å². The lowest BCUT2D eigenvalue weighted by Gasteiger charge is -2.27. The molecule has 3 heterocycles. The van der Waals surface area contributed by atoms with Crippen LogP contribution in [0.1, 0.15) is 49.0 Å². The Morgan fingerprint density at radius 1 is 1.31 bits per heavy atom. The summed E-state index contributed by atoms with van der Waals surface area (Å²) in [5.74, 6) is 0.685. The largest absolute Gasteiger partial charge is 0.490 e. The zero-order valence-corrected chi connectivity index (χ0v) is 20.0. The van der Waals surface area contributed by atoms with E-state index < -0.39 is 35.8 Å². The summed E-state index contributed by atoms with van der Waals surface area (Å²) < 4.78 is 38.7. The zero-order chi connectivity index (χ0) is 26.1. The smallest absolute Gasteiger partial charge is 0.326 e. The quantitative estimate of drug-likeness (QED) is 0.440. The average Bonchev–Trinajstić information content (AvgIpc) is 3.07. The van der Waals surface area contributed by atoms with Crippen molar-refractivity contribution in [3.63, 3.8) is 0 Å². The minimum atomic E-state index is -3.45. The predicted octanol–water partition coefficient (Wildman–Crippen LogP) is 1.49. The third-order valence-corrected chi connectivity index (χ3v) is 6.03. The number of hydrogen-bond donors (Lipinski definition) is 4. The highest BCUT2D eigenvalue weighted by molar-refractivity contribution is 6.03. The van der Waals surface area contributed by atoms with Gasteiger partial charge in [0.05, 0.1) is 23.3 Å². The summed E-state index contributed by atoms with van der Waals surface area (Å²) in [4.78, 5) is 27.9. The van der Waals surface area contributed by atoms with E-state index in [-0.39, 0.29) is 29.9 Å². The Bertz CT molecular complexity index is 1250. The molecule has 1 aromatic carbocycles. The molecule has 9 nitrogen and oxygen atoms in total. The Hall–Kier alpha value is -3.49. The van der Waals surface area contributed by atoms with Gasteiger partial charge in [0.15, 0.2) is 0 Å². The number of rotatable bonds is 6. The van der Waals surface area contributed by atoms with E-state index in [1.54, 1.807) is 19.9 Å². The van der Waals surface area contributed by atoms with Crippen molar-refractivity contribution in [2.24, 2.45) is 5.73 Å². The number of carbonyl (C=O) groups is 2. The highest BCUT2D eigenvalue weighted by atomic mass is 19.3. The number of pyridine rings is 1. The number of hydrogen-bond acceptors (Lipinski definition) is 7. The molecule has 2 aliphatic rings. The minimum absolute atomic E-state index is 0.0882. The summed E-state index contributed by atoms with van der Waals surface area (Å²) in [7, 11) is 0. The average molecular weight is 503 g/mol. The van der Waals surface area contributed by atoms with E-state index in [9.17, 15) is 23.5 Å². The van der Waals surface area contributed by atoms with Gasteiger partial charge in [-0.25, -0.2) is 4.98 Å². The van der Waals surface area contributed by atoms with Crippen molar-refractivity contribution in [1.29, 1.82) is 0 Å². The summed E-state index contributed by atoms with van der Waals surface area (Å²) >= 11 is 0. The van der Waals surface area contributed by atoms with E-state index in [0.717, 1.165) is 0 Å². The molecule has 2 fully saturated rings. The third kappa shape index (κ3) is 5.50. The maximum absolute atomic E-state index is 13.6. The Morgan fingerprint density at radius 3 is 2.64 bits per heavy atom. The van der Waals surface area contributed by atoms with Crippen LogP contribution in [0.5, 0.6) is 11.6 Å². The first-order chi connectivity index (χ1) is 17.0. The van der Waals surface area contributed by atoms with Crippen molar-refractivity contribution >= 4 is 22.6 Å². The molecule has 2 amide bonds. The number of aliphatic hydroxyl groups is 1. The van der Waals surface area contributed by atoms with E-state index in [0.29, 0.717) is 42.3 Å². The number of piperidine rings is 1. The van der Waals surface area contributed by atoms with Gasteiger partial charge in [-0.05, 0) is 51.9 Å². The van der Waals surface area contributed by atoms with Crippen LogP contribution in [0.15, 0.2) is 18.3 Å². The van der Waals surface area contributed by atoms with Gasteiger partial charge in [-0.1, -0.05) is 11.8 Å². The lowest BCUT2D eigenvalue weighted by Crippen LogP contribution is -2.40. The molecule has 2 aromatic rings. The van der Waals surface area contributed by atoms with Crippen LogP contribution in [-0.4, -0.2) is 65.3 Å². The fraction of sp³-hybridized carbons (Fsp3) is 0.480. The van der Waals surface area contributed by atoms with Crippen LogP contribution in [0.2, 0.25) is 0 Å². The summed E-state index contributed by atoms with van der Waals surface area (Å²) in [6.45, 7) is 4.61. The SMILES string of the molecule is CC(C)Oc1cc2c(OCC3CC(F)(F)C(=O)N3)ncc(C#CC3(O)CCNCC3)c2cc1C(N)=O. The highest BCUT2D eigenvalue weighted by Gasteiger charge is 2.48. The van der Waals surface area contributed by atoms with Crippen LogP contribution in [-0.2, 0) is 4.79 Å². The van der Waals surface area contributed by atoms with Crippen molar-refractivity contribution in [2.75, 3.05) is 19.7 Å². The number of nitrogens with zero attached hydrogens (tertiary/aromatic N) is 1. The number of primary amides is 1. The number of nitrogens with one attached hydrogen (secondary N) is 2. The van der Waals surface area contributed by atoms with Crippen LogP contribution in [0.3, 0.4) is 0 Å². The van der Waals surface area contributed by atoms with Crippen molar-refractivity contribution < 1.29 is 33.0 Å². The molecule has 1 atom stereocenters. The molecule has 0 aliphatic carbocycles. The maximum Gasteiger partial charge on any atom is 0.326 e. The number of ether oxygens (including phenoxy) is 2. The monoisotopic (exact) mass is 502 g/mol. The Morgan fingerprint density at radius 2 is 2.03 bits per heavy atom. The number of halogens is 2. The molecule has 0 bridgehead atoms. The fourth-order valence-corrected chi connectivity index (χ4v) is 4.17. The number of nitrogens with two attached hydrogens (primary N) is 1. The molecule has 11 heteroatoms. The molecular weight excluding hydrogens is 474 g/mol. The van der Waals surface area contributed by atoms with Crippen LogP contribution in [0.4, 0.5) is 8.78 Å². The molecule has 2 saturated heterocycles. The summed E-state index contributed by atoms with van der Waals surface area (Å²) in [5, 5.41) is 17.0. The molecular formula is C25H28F2N4O5. The number of fused-ring (bicyclic) bond motifs is 1. The van der Waals surface area contributed by atoms with E-state index in [2.05, 4.69) is 27.5 Å². The van der Waals surface area contributed by atoms with Crippen LogP contribution >= 0.6 is 0 Å². The van der Waals surface area contributed by atoms with Crippen molar-refractivity contribution in [1.82, 2.24) is 15.6 Å². The van der Waals surface area contributed by atoms with Crippen LogP contribution in [0.25, 0.3) is 10.8 Å². The van der Waals surface area contributed by atoms with Gasteiger partial charge >= 0.3 is 5.92 Å². The van der Waals surface area contributed by atoms with E-state index >= 15 is 0 Å². The number of carbonyl (C=O) groups excluding carboxylic acids is 2. The minimum Gasteiger partial charge on any atom is -0.490 e. The first kappa shape index (κ1) is 25.6. The molecule has 0 radical (unpaired) electrons. The Kier molecular flexibility index (Phi) is 7.02. The second-order valence-electron chi connectivity index (χ2n) is 9.32. The molecule has 1 unspecified atom stereocenters. The van der Waals surface area contributed by atoms with Gasteiger partial charge in [0.25, 0.3) is 11.8 Å². The fourth-order valence-electron chi connectivity index (χ4n) is 4.17. The molecule has 2 aliphatic heterocycles. The number of amides is 2. The first-order valence-electron chi connectivity index (χ1n) is 11.7. The number of benzene rings is 1. The topological polar surface area (TPSA) is 136 Å². The first-order valence-corrected chi connectivity index (χ1v) is 11.7. The molecule has 0 spiro atoms. The standard InChI is InChI=1S/C25H28F2N4O5/c1-14(2)36-20-10-18-17(9-19(20)21(28)32)15(3-4-24(34)5-7-29-8-6-24)12-30-22(18)35-13-16-11-25(26,27)23(33)31-16/h9-10,12,14,16,29,34H,5-8,11,13H2,1-2H3,(H2,28,32)(H,31,33). The van der Waals surface area contributed by atoms with Gasteiger partial charge in [-0.15, -0.1) is 0 Å². The van der Waals surface area contributed by atoms with Crippen molar-refractivity contribution in [3.05, 3.63) is 29.5 Å². The number of alkyl halides is 2. The normalized spacial score (nSPS) is 20.5. The van der Waals surface area contributed by atoms with Gasteiger partial charge in [-0.2, -0.15) is 8.78 Å². The molecule has 0 saturated carbocycles. The predicted molar refractivity (Wildman–Crippen MR) is 127 cm³/mol. The molecule has 1 aromatic heterocycles. The van der Waals surface area contributed by atoms with Crippen molar-refractivity contribution in [3.8, 4) is 23.5 Å². The second kappa shape index (κ2) is 9.87. The van der Waals surface area contributed by atoms with Gasteiger partial charge in [0.1, 0.15) is 18.0 Å². The highest BCUT2D eigenvalue weighted by Crippen LogP contribution is 2.34. The summed E-state index contributed by atoms with van der Waals surface area (Å²) in [6, 6.07) is 2.17. The van der Waals surface area contributed by atoms with Gasteiger partial charge in [0, 0.05) is 23.4 Å². The molecule has 192 valence electrons. The molecule has 36 heavy (non-hydrogen) atoms. The van der Waals surface area contributed by atoms with E-state index in [4.69, 9.17) is 15.2 Å². The van der Waals surface area contributed by atoms with Gasteiger partial charge in [0.2, 0.25) is 5.88 Å². The summed E-state index contributed by atoms with van der Waals surface area (Å²) in [6.07, 6.45) is 1.39. The van der Waals surface area contributed by atoms with E-state index in [1.807, 2.05) is 0 Å². The second-order valence-corrected chi connectivity index (χ2v) is 9.32. The Labute approximate surface area is 206 Å². The van der Waals surface area contributed by atoms with Gasteiger partial charge < -0.3 is 30.9 Å². The van der Waals surface area contributed by atoms with Crippen LogP contribution < -0.4 is 25.8 Å².